The standard InChI is InChI=1S/C10H14ClN3/c1-10(2)4-7(10)5-12-8-3-9(11)14-13-6-8/h3,6-7H,4-5H2,1-2H3,(H,12,14). The van der Waals surface area contributed by atoms with Crippen LogP contribution in [-0.2, 0) is 0 Å². The molecule has 0 spiro atoms. The lowest BCUT2D eigenvalue weighted by Crippen LogP contribution is -2.07. The topological polar surface area (TPSA) is 37.8 Å². The molecule has 1 heterocycles. The van der Waals surface area contributed by atoms with E-state index in [-0.39, 0.29) is 0 Å². The molecule has 1 fully saturated rings. The van der Waals surface area contributed by atoms with Gasteiger partial charge >= 0.3 is 0 Å². The van der Waals surface area contributed by atoms with E-state index in [0.717, 1.165) is 18.2 Å². The highest BCUT2D eigenvalue weighted by molar-refractivity contribution is 6.29. The third-order valence-corrected chi connectivity index (χ3v) is 3.08. The molecule has 1 saturated carbocycles. The quantitative estimate of drug-likeness (QED) is 0.835. The zero-order valence-corrected chi connectivity index (χ0v) is 9.17. The van der Waals surface area contributed by atoms with Crippen LogP contribution >= 0.6 is 11.6 Å². The van der Waals surface area contributed by atoms with Crippen LogP contribution in [0.25, 0.3) is 0 Å². The first-order chi connectivity index (χ1) is 6.58. The van der Waals surface area contributed by atoms with Crippen LogP contribution < -0.4 is 5.32 Å². The van der Waals surface area contributed by atoms with Crippen molar-refractivity contribution in [3.05, 3.63) is 17.4 Å². The van der Waals surface area contributed by atoms with E-state index >= 15 is 0 Å². The van der Waals surface area contributed by atoms with Gasteiger partial charge in [-0.15, -0.1) is 5.10 Å². The molecule has 1 N–H and O–H groups in total. The van der Waals surface area contributed by atoms with Gasteiger partial charge in [0.2, 0.25) is 0 Å². The number of hydrogen-bond donors (Lipinski definition) is 1. The molecule has 3 nitrogen and oxygen atoms in total. The molecule has 1 aromatic rings. The fourth-order valence-corrected chi connectivity index (χ4v) is 1.76. The summed E-state index contributed by atoms with van der Waals surface area (Å²) in [5.41, 5.74) is 1.46. The number of nitrogens with zero attached hydrogens (tertiary/aromatic N) is 2. The maximum absolute atomic E-state index is 5.72. The molecule has 0 saturated heterocycles. The monoisotopic (exact) mass is 211 g/mol. The van der Waals surface area contributed by atoms with Crippen molar-refractivity contribution in [1.29, 1.82) is 0 Å². The van der Waals surface area contributed by atoms with Crippen LogP contribution in [-0.4, -0.2) is 16.7 Å². The molecule has 1 atom stereocenters. The summed E-state index contributed by atoms with van der Waals surface area (Å²) in [6.07, 6.45) is 2.99. The summed E-state index contributed by atoms with van der Waals surface area (Å²) in [4.78, 5) is 0. The van der Waals surface area contributed by atoms with Gasteiger partial charge in [-0.3, -0.25) is 0 Å². The number of hydrogen-bond acceptors (Lipinski definition) is 3. The fraction of sp³-hybridized carbons (Fsp3) is 0.600. The first kappa shape index (κ1) is 9.71. The van der Waals surface area contributed by atoms with Gasteiger partial charge in [0.25, 0.3) is 0 Å². The summed E-state index contributed by atoms with van der Waals surface area (Å²) in [6, 6.07) is 1.80. The number of halogens is 1. The molecule has 0 bridgehead atoms. The molecule has 0 aliphatic heterocycles. The Hall–Kier alpha value is -0.830. The molecule has 4 heteroatoms. The Morgan fingerprint density at radius 3 is 2.93 bits per heavy atom. The first-order valence-electron chi connectivity index (χ1n) is 4.80. The Morgan fingerprint density at radius 1 is 1.64 bits per heavy atom. The summed E-state index contributed by atoms with van der Waals surface area (Å²) in [7, 11) is 0. The Kier molecular flexibility index (Phi) is 2.35. The molecule has 0 aromatic carbocycles. The summed E-state index contributed by atoms with van der Waals surface area (Å²) >= 11 is 5.72. The fourth-order valence-electron chi connectivity index (χ4n) is 1.60. The molecule has 2 rings (SSSR count). The lowest BCUT2D eigenvalue weighted by atomic mass is 10.1. The van der Waals surface area contributed by atoms with E-state index in [9.17, 15) is 0 Å². The van der Waals surface area contributed by atoms with Crippen LogP contribution in [0.3, 0.4) is 0 Å². The van der Waals surface area contributed by atoms with Crippen LogP contribution in [0.5, 0.6) is 0 Å². The SMILES string of the molecule is CC1(C)CC1CNc1cnnc(Cl)c1. The summed E-state index contributed by atoms with van der Waals surface area (Å²) in [6.45, 7) is 5.57. The van der Waals surface area contributed by atoms with E-state index in [1.807, 2.05) is 0 Å². The second-order valence-corrected chi connectivity index (χ2v) is 4.92. The Balaban J connectivity index is 1.87. The lowest BCUT2D eigenvalue weighted by molar-refractivity contribution is 0.573. The first-order valence-corrected chi connectivity index (χ1v) is 5.18. The zero-order valence-electron chi connectivity index (χ0n) is 8.42. The third kappa shape index (κ3) is 2.15. The van der Waals surface area contributed by atoms with Crippen molar-refractivity contribution in [1.82, 2.24) is 10.2 Å². The molecule has 76 valence electrons. The van der Waals surface area contributed by atoms with Crippen LogP contribution in [0, 0.1) is 11.3 Å². The number of nitrogens with one attached hydrogen (secondary N) is 1. The van der Waals surface area contributed by atoms with Gasteiger partial charge in [-0.25, -0.2) is 0 Å². The minimum Gasteiger partial charge on any atom is -0.383 e. The van der Waals surface area contributed by atoms with Gasteiger partial charge < -0.3 is 5.32 Å². The molecular formula is C10H14ClN3. The van der Waals surface area contributed by atoms with E-state index in [4.69, 9.17) is 11.6 Å². The Labute approximate surface area is 88.9 Å². The number of rotatable bonds is 3. The smallest absolute Gasteiger partial charge is 0.153 e. The van der Waals surface area contributed by atoms with E-state index < -0.39 is 0 Å². The largest absolute Gasteiger partial charge is 0.383 e. The van der Waals surface area contributed by atoms with E-state index in [2.05, 4.69) is 29.4 Å². The summed E-state index contributed by atoms with van der Waals surface area (Å²) in [5, 5.41) is 11.2. The Bertz CT molecular complexity index is 338. The van der Waals surface area contributed by atoms with E-state index in [1.165, 1.54) is 6.42 Å². The zero-order chi connectivity index (χ0) is 10.2. The highest BCUT2D eigenvalue weighted by atomic mass is 35.5. The Morgan fingerprint density at radius 2 is 2.36 bits per heavy atom. The lowest BCUT2D eigenvalue weighted by Gasteiger charge is -2.06. The van der Waals surface area contributed by atoms with Crippen LogP contribution in [0.15, 0.2) is 12.3 Å². The molecule has 1 unspecified atom stereocenters. The maximum Gasteiger partial charge on any atom is 0.153 e. The number of anilines is 1. The molecule has 1 aliphatic carbocycles. The van der Waals surface area contributed by atoms with Gasteiger partial charge in [0.1, 0.15) is 0 Å². The van der Waals surface area contributed by atoms with Crippen molar-refractivity contribution >= 4 is 17.3 Å². The highest BCUT2D eigenvalue weighted by Crippen LogP contribution is 2.51. The third-order valence-electron chi connectivity index (χ3n) is 2.89. The van der Waals surface area contributed by atoms with Gasteiger partial charge in [-0.2, -0.15) is 5.10 Å². The van der Waals surface area contributed by atoms with Crippen LogP contribution in [0.2, 0.25) is 5.15 Å². The van der Waals surface area contributed by atoms with Crippen molar-refractivity contribution in [2.24, 2.45) is 11.3 Å². The van der Waals surface area contributed by atoms with Crippen molar-refractivity contribution in [2.45, 2.75) is 20.3 Å². The predicted molar refractivity (Wildman–Crippen MR) is 57.4 cm³/mol. The van der Waals surface area contributed by atoms with Gasteiger partial charge in [0.05, 0.1) is 11.9 Å². The average molecular weight is 212 g/mol. The van der Waals surface area contributed by atoms with Crippen molar-refractivity contribution in [3.63, 3.8) is 0 Å². The minimum absolute atomic E-state index is 0.435. The minimum atomic E-state index is 0.435. The van der Waals surface area contributed by atoms with Crippen LogP contribution in [0.1, 0.15) is 20.3 Å². The molecular weight excluding hydrogens is 198 g/mol. The molecule has 0 amide bonds. The van der Waals surface area contributed by atoms with Crippen molar-refractivity contribution in [2.75, 3.05) is 11.9 Å². The molecule has 14 heavy (non-hydrogen) atoms. The van der Waals surface area contributed by atoms with Crippen molar-refractivity contribution < 1.29 is 0 Å². The predicted octanol–water partition coefficient (Wildman–Crippen LogP) is 2.59. The second kappa shape index (κ2) is 3.39. The van der Waals surface area contributed by atoms with Crippen molar-refractivity contribution in [3.8, 4) is 0 Å². The summed E-state index contributed by atoms with van der Waals surface area (Å²) < 4.78 is 0. The van der Waals surface area contributed by atoms with Gasteiger partial charge in [0.15, 0.2) is 5.15 Å². The van der Waals surface area contributed by atoms with Gasteiger partial charge in [-0.1, -0.05) is 25.4 Å². The highest BCUT2D eigenvalue weighted by Gasteiger charge is 2.44. The van der Waals surface area contributed by atoms with E-state index in [0.29, 0.717) is 10.6 Å². The average Bonchev–Trinajstić information content (AvgIpc) is 2.71. The van der Waals surface area contributed by atoms with E-state index in [1.54, 1.807) is 12.3 Å². The number of aromatic nitrogens is 2. The second-order valence-electron chi connectivity index (χ2n) is 4.54. The molecule has 0 radical (unpaired) electrons. The summed E-state index contributed by atoms with van der Waals surface area (Å²) in [5.74, 6) is 0.773. The van der Waals surface area contributed by atoms with Gasteiger partial charge in [-0.05, 0) is 17.8 Å². The maximum atomic E-state index is 5.72. The van der Waals surface area contributed by atoms with Gasteiger partial charge in [0, 0.05) is 12.6 Å². The molecule has 1 aliphatic rings. The van der Waals surface area contributed by atoms with Crippen LogP contribution in [0.4, 0.5) is 5.69 Å². The molecule has 1 aromatic heterocycles. The normalized spacial score (nSPS) is 23.2.